The third-order valence-electron chi connectivity index (χ3n) is 1.55. The molecule has 0 unspecified atom stereocenters. The van der Waals surface area contributed by atoms with E-state index in [1.807, 2.05) is 0 Å². The molecule has 62 valence electrons. The molecule has 0 spiro atoms. The van der Waals surface area contributed by atoms with E-state index in [9.17, 15) is 4.79 Å². The van der Waals surface area contributed by atoms with Crippen LogP contribution in [0.25, 0.3) is 9.78 Å². The van der Waals surface area contributed by atoms with Gasteiger partial charge in [-0.2, -0.15) is 0 Å². The van der Waals surface area contributed by atoms with Crippen molar-refractivity contribution >= 4 is 46.2 Å². The molecule has 2 N–H and O–H groups in total. The molecule has 5 heteroatoms. The van der Waals surface area contributed by atoms with Crippen LogP contribution in [0.15, 0.2) is 15.5 Å². The Labute approximate surface area is 82.3 Å². The van der Waals surface area contributed by atoms with Gasteiger partial charge in [-0.3, -0.25) is 0 Å². The Kier molecular flexibility index (Phi) is 1.87. The van der Waals surface area contributed by atoms with Gasteiger partial charge in [0.15, 0.2) is 0 Å². The van der Waals surface area contributed by atoms with Crippen molar-refractivity contribution in [3.63, 3.8) is 0 Å². The topological polar surface area (TPSA) is 53.1 Å². The SMILES string of the molecule is O=C(O)c1cc2c(Br)c[se]c2[nH]1. The summed E-state index contributed by atoms with van der Waals surface area (Å²) in [5, 5.41) is 9.66. The van der Waals surface area contributed by atoms with Gasteiger partial charge in [-0.1, -0.05) is 0 Å². The predicted octanol–water partition coefficient (Wildman–Crippen LogP) is 1.69. The second kappa shape index (κ2) is 2.76. The molecular weight excluding hydrogens is 289 g/mol. The van der Waals surface area contributed by atoms with Crippen LogP contribution in [-0.2, 0) is 0 Å². The first-order chi connectivity index (χ1) is 5.68. The molecule has 0 aliphatic carbocycles. The summed E-state index contributed by atoms with van der Waals surface area (Å²) in [5.74, 6) is -0.902. The van der Waals surface area contributed by atoms with Crippen LogP contribution in [-0.4, -0.2) is 30.6 Å². The Hall–Kier alpha value is -0.511. The van der Waals surface area contributed by atoms with Crippen molar-refractivity contribution in [2.24, 2.45) is 0 Å². The molecule has 0 bridgehead atoms. The van der Waals surface area contributed by atoms with E-state index in [0.717, 1.165) is 14.2 Å². The molecule has 2 heterocycles. The summed E-state index contributed by atoms with van der Waals surface area (Å²) < 4.78 is 2.04. The van der Waals surface area contributed by atoms with E-state index in [1.165, 1.54) is 0 Å². The first kappa shape index (κ1) is 8.10. The van der Waals surface area contributed by atoms with Gasteiger partial charge in [0.25, 0.3) is 0 Å². The van der Waals surface area contributed by atoms with Crippen LogP contribution in [0.4, 0.5) is 0 Å². The van der Waals surface area contributed by atoms with Crippen LogP contribution in [0.2, 0.25) is 0 Å². The number of carboxylic acid groups (broad SMARTS) is 1. The van der Waals surface area contributed by atoms with Gasteiger partial charge in [-0.25, -0.2) is 0 Å². The van der Waals surface area contributed by atoms with E-state index in [0.29, 0.717) is 0 Å². The number of hydrogen-bond acceptors (Lipinski definition) is 1. The van der Waals surface area contributed by atoms with E-state index in [1.54, 1.807) is 6.07 Å². The van der Waals surface area contributed by atoms with Crippen molar-refractivity contribution in [1.29, 1.82) is 0 Å². The number of carbonyl (C=O) groups is 1. The fourth-order valence-electron chi connectivity index (χ4n) is 0.995. The maximum atomic E-state index is 10.6. The van der Waals surface area contributed by atoms with E-state index < -0.39 is 5.97 Å². The van der Waals surface area contributed by atoms with Crippen LogP contribution in [0.1, 0.15) is 10.5 Å². The number of nitrogens with one attached hydrogen (secondary N) is 1. The number of halogens is 1. The second-order valence-corrected chi connectivity index (χ2v) is 5.01. The van der Waals surface area contributed by atoms with Crippen LogP contribution in [0, 0.1) is 0 Å². The van der Waals surface area contributed by atoms with Crippen LogP contribution < -0.4 is 0 Å². The Balaban J connectivity index is 2.70. The summed E-state index contributed by atoms with van der Waals surface area (Å²) in [6, 6.07) is 1.66. The number of fused-ring (bicyclic) bond motifs is 1. The zero-order valence-electron chi connectivity index (χ0n) is 5.80. The van der Waals surface area contributed by atoms with Gasteiger partial charge in [0.05, 0.1) is 0 Å². The average molecular weight is 293 g/mol. The van der Waals surface area contributed by atoms with E-state index in [2.05, 4.69) is 25.9 Å². The molecule has 12 heavy (non-hydrogen) atoms. The summed E-state index contributed by atoms with van der Waals surface area (Å²) in [6.45, 7) is 0. The predicted molar refractivity (Wildman–Crippen MR) is 49.9 cm³/mol. The summed E-state index contributed by atoms with van der Waals surface area (Å²) in [4.78, 5) is 15.5. The number of aromatic carboxylic acids is 1. The minimum absolute atomic E-state index is 0.252. The molecule has 2 aromatic heterocycles. The van der Waals surface area contributed by atoms with Crippen molar-refractivity contribution in [2.45, 2.75) is 0 Å². The molecule has 0 saturated carbocycles. The van der Waals surface area contributed by atoms with Gasteiger partial charge in [0, 0.05) is 0 Å². The van der Waals surface area contributed by atoms with Crippen LogP contribution in [0.3, 0.4) is 0 Å². The summed E-state index contributed by atoms with van der Waals surface area (Å²) >= 11 is 3.62. The zero-order valence-corrected chi connectivity index (χ0v) is 9.10. The van der Waals surface area contributed by atoms with Crippen molar-refractivity contribution in [1.82, 2.24) is 4.98 Å². The first-order valence-corrected chi connectivity index (χ1v) is 5.81. The standard InChI is InChI=1S/C7H4BrNO2Se/c8-4-2-12-6-3(4)1-5(9-6)7(10)11/h1-2,9H,(H,10,11). The Morgan fingerprint density at radius 2 is 2.42 bits per heavy atom. The molecule has 0 amide bonds. The normalized spacial score (nSPS) is 10.8. The monoisotopic (exact) mass is 293 g/mol. The zero-order chi connectivity index (χ0) is 8.72. The third-order valence-corrected chi connectivity index (χ3v) is 4.80. The van der Waals surface area contributed by atoms with Gasteiger partial charge in [-0.05, 0) is 0 Å². The molecule has 0 aliphatic rings. The quantitative estimate of drug-likeness (QED) is 0.786. The number of H-pyrrole nitrogens is 1. The molecule has 2 rings (SSSR count). The Morgan fingerprint density at radius 1 is 1.67 bits per heavy atom. The Bertz CT molecular complexity index is 445. The van der Waals surface area contributed by atoms with Crippen molar-refractivity contribution in [3.8, 4) is 0 Å². The van der Waals surface area contributed by atoms with Gasteiger partial charge in [0.2, 0.25) is 0 Å². The molecule has 0 saturated heterocycles. The molecule has 0 fully saturated rings. The number of hydrogen-bond donors (Lipinski definition) is 2. The van der Waals surface area contributed by atoms with E-state index in [4.69, 9.17) is 5.11 Å². The minimum atomic E-state index is -0.902. The number of aromatic nitrogens is 1. The number of carboxylic acids is 1. The molecule has 0 atom stereocenters. The van der Waals surface area contributed by atoms with Gasteiger partial charge in [-0.15, -0.1) is 0 Å². The number of aromatic amines is 1. The average Bonchev–Trinajstić information content (AvgIpc) is 2.53. The molecule has 0 aromatic carbocycles. The fraction of sp³-hybridized carbons (Fsp3) is 0. The maximum absolute atomic E-state index is 10.6. The van der Waals surface area contributed by atoms with Gasteiger partial charge < -0.3 is 0 Å². The van der Waals surface area contributed by atoms with Crippen molar-refractivity contribution in [2.75, 3.05) is 0 Å². The van der Waals surface area contributed by atoms with Crippen molar-refractivity contribution in [3.05, 3.63) is 21.2 Å². The summed E-state index contributed by atoms with van der Waals surface area (Å²) in [7, 11) is 0. The van der Waals surface area contributed by atoms with E-state index in [-0.39, 0.29) is 20.2 Å². The van der Waals surface area contributed by atoms with Crippen LogP contribution >= 0.6 is 15.9 Å². The molecule has 0 radical (unpaired) electrons. The third kappa shape index (κ3) is 1.14. The van der Waals surface area contributed by atoms with E-state index >= 15 is 0 Å². The first-order valence-electron chi connectivity index (χ1n) is 3.17. The van der Waals surface area contributed by atoms with Gasteiger partial charge in [0.1, 0.15) is 0 Å². The van der Waals surface area contributed by atoms with Gasteiger partial charge >= 0.3 is 82.2 Å². The fourth-order valence-corrected chi connectivity index (χ4v) is 3.79. The second-order valence-electron chi connectivity index (χ2n) is 2.31. The summed E-state index contributed by atoms with van der Waals surface area (Å²) in [6.07, 6.45) is 0. The van der Waals surface area contributed by atoms with Crippen LogP contribution in [0.5, 0.6) is 0 Å². The molecular formula is C7H4BrNO2Se. The molecule has 2 aromatic rings. The van der Waals surface area contributed by atoms with Crippen molar-refractivity contribution < 1.29 is 9.90 Å². The number of rotatable bonds is 1. The Morgan fingerprint density at radius 3 is 3.00 bits per heavy atom. The molecule has 3 nitrogen and oxygen atoms in total. The summed E-state index contributed by atoms with van der Waals surface area (Å²) in [5.41, 5.74) is 0.270. The molecule has 0 aliphatic heterocycles.